The standard InChI is InChI=1S/C19H24N4O3/c1-13-16(18(25)22-19(26)21-13)6-7-17(24)20-9-11-23-10-8-14-4-2-3-5-15(14)12-23/h2-5H,6-12H2,1H3,(H,20,24)(H2,21,22,25,26). The normalized spacial score (nSPS) is 14.0. The van der Waals surface area contributed by atoms with E-state index in [1.807, 2.05) is 0 Å². The van der Waals surface area contributed by atoms with Gasteiger partial charge in [-0.15, -0.1) is 0 Å². The summed E-state index contributed by atoms with van der Waals surface area (Å²) in [6, 6.07) is 8.47. The van der Waals surface area contributed by atoms with Crippen molar-refractivity contribution >= 4 is 5.91 Å². The first-order valence-corrected chi connectivity index (χ1v) is 8.91. The van der Waals surface area contributed by atoms with Crippen LogP contribution in [0.5, 0.6) is 0 Å². The zero-order chi connectivity index (χ0) is 18.5. The molecule has 7 heteroatoms. The van der Waals surface area contributed by atoms with Crippen molar-refractivity contribution in [3.05, 3.63) is 67.5 Å². The number of hydrogen-bond donors (Lipinski definition) is 3. The predicted molar refractivity (Wildman–Crippen MR) is 99.2 cm³/mol. The van der Waals surface area contributed by atoms with E-state index in [4.69, 9.17) is 0 Å². The molecule has 1 amide bonds. The molecule has 3 N–H and O–H groups in total. The molecule has 0 saturated heterocycles. The SMILES string of the molecule is Cc1[nH]c(=O)[nH]c(=O)c1CCC(=O)NCCN1CCc2ccccc2C1. The Bertz CT molecular complexity index is 900. The van der Waals surface area contributed by atoms with Crippen LogP contribution >= 0.6 is 0 Å². The van der Waals surface area contributed by atoms with Crippen molar-refractivity contribution in [2.75, 3.05) is 19.6 Å². The smallest absolute Gasteiger partial charge is 0.325 e. The molecule has 2 aromatic rings. The summed E-state index contributed by atoms with van der Waals surface area (Å²) in [5, 5.41) is 2.91. The van der Waals surface area contributed by atoms with Crippen molar-refractivity contribution in [2.24, 2.45) is 0 Å². The van der Waals surface area contributed by atoms with Gasteiger partial charge in [0.25, 0.3) is 5.56 Å². The number of nitrogens with zero attached hydrogens (tertiary/aromatic N) is 1. The fraction of sp³-hybridized carbons (Fsp3) is 0.421. The third-order valence-electron chi connectivity index (χ3n) is 4.82. The molecule has 1 aromatic carbocycles. The summed E-state index contributed by atoms with van der Waals surface area (Å²) in [4.78, 5) is 42.1. The monoisotopic (exact) mass is 356 g/mol. The number of benzene rings is 1. The highest BCUT2D eigenvalue weighted by Gasteiger charge is 2.15. The number of rotatable bonds is 6. The Morgan fingerprint density at radius 3 is 2.73 bits per heavy atom. The Morgan fingerprint density at radius 2 is 1.96 bits per heavy atom. The summed E-state index contributed by atoms with van der Waals surface area (Å²) < 4.78 is 0. The number of carbonyl (C=O) groups is 1. The van der Waals surface area contributed by atoms with Gasteiger partial charge in [0, 0.05) is 43.9 Å². The molecule has 7 nitrogen and oxygen atoms in total. The first kappa shape index (κ1) is 18.1. The molecular formula is C19H24N4O3. The van der Waals surface area contributed by atoms with Crippen LogP contribution in [0.2, 0.25) is 0 Å². The molecule has 0 aliphatic carbocycles. The first-order chi connectivity index (χ1) is 12.5. The fourth-order valence-corrected chi connectivity index (χ4v) is 3.35. The lowest BCUT2D eigenvalue weighted by atomic mass is 10.00. The highest BCUT2D eigenvalue weighted by molar-refractivity contribution is 5.76. The highest BCUT2D eigenvalue weighted by Crippen LogP contribution is 2.17. The summed E-state index contributed by atoms with van der Waals surface area (Å²) in [7, 11) is 0. The topological polar surface area (TPSA) is 98.1 Å². The number of aryl methyl sites for hydroxylation is 1. The van der Waals surface area contributed by atoms with Gasteiger partial charge in [0.05, 0.1) is 0 Å². The van der Waals surface area contributed by atoms with Gasteiger partial charge in [-0.1, -0.05) is 24.3 Å². The number of amides is 1. The summed E-state index contributed by atoms with van der Waals surface area (Å²) in [5.41, 5.74) is 2.79. The first-order valence-electron chi connectivity index (χ1n) is 8.91. The molecule has 0 radical (unpaired) electrons. The highest BCUT2D eigenvalue weighted by atomic mass is 16.2. The molecular weight excluding hydrogens is 332 g/mol. The van der Waals surface area contributed by atoms with Crippen LogP contribution in [0.15, 0.2) is 33.9 Å². The lowest BCUT2D eigenvalue weighted by Crippen LogP contribution is -2.38. The number of hydrogen-bond acceptors (Lipinski definition) is 4. The molecule has 26 heavy (non-hydrogen) atoms. The zero-order valence-electron chi connectivity index (χ0n) is 14.9. The van der Waals surface area contributed by atoms with Crippen molar-refractivity contribution in [3.63, 3.8) is 0 Å². The molecule has 1 aromatic heterocycles. The maximum atomic E-state index is 12.0. The van der Waals surface area contributed by atoms with Crippen molar-refractivity contribution in [1.29, 1.82) is 0 Å². The molecule has 1 aliphatic heterocycles. The van der Waals surface area contributed by atoms with Crippen LogP contribution in [-0.4, -0.2) is 40.4 Å². The third kappa shape index (κ3) is 4.49. The molecule has 0 saturated carbocycles. The molecule has 3 rings (SSSR count). The summed E-state index contributed by atoms with van der Waals surface area (Å²) >= 11 is 0. The van der Waals surface area contributed by atoms with Crippen LogP contribution < -0.4 is 16.6 Å². The number of H-pyrrole nitrogens is 2. The van der Waals surface area contributed by atoms with Crippen LogP contribution in [0, 0.1) is 6.92 Å². The predicted octanol–water partition coefficient (Wildman–Crippen LogP) is 0.479. The van der Waals surface area contributed by atoms with Gasteiger partial charge in [-0.2, -0.15) is 0 Å². The molecule has 0 atom stereocenters. The van der Waals surface area contributed by atoms with E-state index in [0.29, 0.717) is 24.2 Å². The van der Waals surface area contributed by atoms with Gasteiger partial charge in [-0.3, -0.25) is 19.5 Å². The van der Waals surface area contributed by atoms with Crippen molar-refractivity contribution in [1.82, 2.24) is 20.2 Å². The Morgan fingerprint density at radius 1 is 1.19 bits per heavy atom. The second-order valence-electron chi connectivity index (χ2n) is 6.66. The van der Waals surface area contributed by atoms with Gasteiger partial charge in [-0.25, -0.2) is 4.79 Å². The van der Waals surface area contributed by atoms with E-state index in [-0.39, 0.29) is 12.3 Å². The van der Waals surface area contributed by atoms with Gasteiger partial charge in [-0.05, 0) is 30.9 Å². The van der Waals surface area contributed by atoms with Crippen molar-refractivity contribution < 1.29 is 4.79 Å². The van der Waals surface area contributed by atoms with Gasteiger partial charge in [0.15, 0.2) is 0 Å². The molecule has 0 fully saturated rings. The Balaban J connectivity index is 1.43. The molecule has 0 spiro atoms. The molecule has 0 bridgehead atoms. The number of nitrogens with one attached hydrogen (secondary N) is 3. The second kappa shape index (κ2) is 8.14. The van der Waals surface area contributed by atoms with Crippen molar-refractivity contribution in [3.8, 4) is 0 Å². The van der Waals surface area contributed by atoms with Crippen molar-refractivity contribution in [2.45, 2.75) is 32.7 Å². The average Bonchev–Trinajstić information content (AvgIpc) is 2.60. The average molecular weight is 356 g/mol. The minimum absolute atomic E-state index is 0.0904. The van der Waals surface area contributed by atoms with Crippen LogP contribution in [0.25, 0.3) is 0 Å². The largest absolute Gasteiger partial charge is 0.355 e. The number of aromatic nitrogens is 2. The van der Waals surface area contributed by atoms with Crippen LogP contribution in [0.1, 0.15) is 28.8 Å². The van der Waals surface area contributed by atoms with Gasteiger partial charge in [0.1, 0.15) is 0 Å². The van der Waals surface area contributed by atoms with E-state index in [9.17, 15) is 14.4 Å². The molecule has 1 aliphatic rings. The zero-order valence-corrected chi connectivity index (χ0v) is 14.9. The third-order valence-corrected chi connectivity index (χ3v) is 4.82. The second-order valence-corrected chi connectivity index (χ2v) is 6.66. The van der Waals surface area contributed by atoms with Gasteiger partial charge >= 0.3 is 5.69 Å². The Kier molecular flexibility index (Phi) is 5.68. The Labute approximate surface area is 151 Å². The minimum atomic E-state index is -0.524. The minimum Gasteiger partial charge on any atom is -0.355 e. The van der Waals surface area contributed by atoms with E-state index in [0.717, 1.165) is 26.1 Å². The van der Waals surface area contributed by atoms with E-state index < -0.39 is 11.2 Å². The maximum Gasteiger partial charge on any atom is 0.325 e. The number of fused-ring (bicyclic) bond motifs is 1. The summed E-state index contributed by atoms with van der Waals surface area (Å²) in [6.07, 6.45) is 1.57. The fourth-order valence-electron chi connectivity index (χ4n) is 3.35. The lowest BCUT2D eigenvalue weighted by Gasteiger charge is -2.28. The van der Waals surface area contributed by atoms with Crippen LogP contribution in [0.3, 0.4) is 0 Å². The lowest BCUT2D eigenvalue weighted by molar-refractivity contribution is -0.121. The van der Waals surface area contributed by atoms with Gasteiger partial charge in [0.2, 0.25) is 5.91 Å². The number of aromatic amines is 2. The summed E-state index contributed by atoms with van der Waals surface area (Å²) in [6.45, 7) is 4.97. The van der Waals surface area contributed by atoms with Crippen LogP contribution in [-0.2, 0) is 24.2 Å². The van der Waals surface area contributed by atoms with E-state index >= 15 is 0 Å². The Hall–Kier alpha value is -2.67. The van der Waals surface area contributed by atoms with E-state index in [2.05, 4.69) is 44.5 Å². The van der Waals surface area contributed by atoms with Gasteiger partial charge < -0.3 is 10.3 Å². The molecule has 2 heterocycles. The van der Waals surface area contributed by atoms with E-state index in [1.54, 1.807) is 6.92 Å². The maximum absolute atomic E-state index is 12.0. The van der Waals surface area contributed by atoms with E-state index in [1.165, 1.54) is 11.1 Å². The molecule has 0 unspecified atom stereocenters. The quantitative estimate of drug-likeness (QED) is 0.701. The molecule has 138 valence electrons. The summed E-state index contributed by atoms with van der Waals surface area (Å²) in [5.74, 6) is -0.0904. The van der Waals surface area contributed by atoms with Crippen LogP contribution in [0.4, 0.5) is 0 Å². The number of carbonyl (C=O) groups excluding carboxylic acids is 1.